The molecule has 2 aromatic heterocycles. The van der Waals surface area contributed by atoms with E-state index >= 15 is 0 Å². The van der Waals surface area contributed by atoms with Gasteiger partial charge in [-0.15, -0.1) is 0 Å². The Morgan fingerprint density at radius 2 is 1.69 bits per heavy atom. The molecule has 4 rings (SSSR count). The lowest BCUT2D eigenvalue weighted by atomic mass is 9.86. The average Bonchev–Trinajstić information content (AvgIpc) is 2.78. The first-order valence-electron chi connectivity index (χ1n) is 10.2. The van der Waals surface area contributed by atoms with Gasteiger partial charge in [0.15, 0.2) is 0 Å². The van der Waals surface area contributed by atoms with Crippen molar-refractivity contribution in [3.63, 3.8) is 0 Å². The Bertz CT molecular complexity index is 889. The van der Waals surface area contributed by atoms with Gasteiger partial charge in [-0.1, -0.05) is 12.1 Å². The number of anilines is 1. The molecule has 1 fully saturated rings. The summed E-state index contributed by atoms with van der Waals surface area (Å²) in [6.07, 6.45) is 9.50. The summed E-state index contributed by atoms with van der Waals surface area (Å²) in [6, 6.07) is 16.6. The van der Waals surface area contributed by atoms with Crippen LogP contribution in [0.4, 0.5) is 5.69 Å². The van der Waals surface area contributed by atoms with Crippen LogP contribution in [0.1, 0.15) is 29.2 Å². The summed E-state index contributed by atoms with van der Waals surface area (Å²) in [4.78, 5) is 8.22. The number of rotatable bonds is 7. The quantitative estimate of drug-likeness (QED) is 0.643. The van der Waals surface area contributed by atoms with Crippen LogP contribution in [0.5, 0.6) is 0 Å². The summed E-state index contributed by atoms with van der Waals surface area (Å²) < 4.78 is 5.68. The van der Waals surface area contributed by atoms with Gasteiger partial charge in [-0.3, -0.25) is 9.97 Å². The van der Waals surface area contributed by atoms with Crippen LogP contribution in [0.2, 0.25) is 0 Å². The number of nitrogens with one attached hydrogen (secondary N) is 1. The largest absolute Gasteiger partial charge is 0.393 e. The molecule has 5 heteroatoms. The molecule has 0 bridgehead atoms. The van der Waals surface area contributed by atoms with Gasteiger partial charge in [-0.2, -0.15) is 0 Å². The molecule has 1 aromatic carbocycles. The van der Waals surface area contributed by atoms with Crippen LogP contribution in [-0.2, 0) is 17.6 Å². The van der Waals surface area contributed by atoms with Crippen molar-refractivity contribution >= 4 is 5.69 Å². The molecule has 0 aliphatic carbocycles. The highest BCUT2D eigenvalue weighted by Gasteiger charge is 2.32. The predicted molar refractivity (Wildman–Crippen MR) is 114 cm³/mol. The molecular weight excluding hydrogens is 362 g/mol. The third-order valence-electron chi connectivity index (χ3n) is 5.56. The smallest absolute Gasteiger partial charge is 0.0635 e. The first-order chi connectivity index (χ1) is 14.3. The van der Waals surface area contributed by atoms with Gasteiger partial charge in [-0.25, -0.2) is 0 Å². The fourth-order valence-electron chi connectivity index (χ4n) is 3.91. The van der Waals surface area contributed by atoms with E-state index < -0.39 is 0 Å². The van der Waals surface area contributed by atoms with E-state index in [1.54, 1.807) is 12.4 Å². The molecule has 1 aliphatic rings. The minimum Gasteiger partial charge on any atom is -0.393 e. The van der Waals surface area contributed by atoms with E-state index in [0.29, 0.717) is 19.6 Å². The van der Waals surface area contributed by atoms with Crippen molar-refractivity contribution in [2.45, 2.75) is 31.4 Å². The molecule has 29 heavy (non-hydrogen) atoms. The monoisotopic (exact) mass is 389 g/mol. The molecule has 1 saturated heterocycles. The van der Waals surface area contributed by atoms with Crippen LogP contribution in [0, 0.1) is 5.92 Å². The molecule has 2 N–H and O–H groups in total. The normalized spacial score (nSPS) is 20.2. The summed E-state index contributed by atoms with van der Waals surface area (Å²) in [7, 11) is 0. The van der Waals surface area contributed by atoms with Crippen LogP contribution in [0.15, 0.2) is 73.3 Å². The van der Waals surface area contributed by atoms with Gasteiger partial charge >= 0.3 is 0 Å². The van der Waals surface area contributed by atoms with E-state index in [4.69, 9.17) is 4.74 Å². The second kappa shape index (κ2) is 9.63. The number of aliphatic hydroxyl groups excluding tert-OH is 1. The van der Waals surface area contributed by atoms with Gasteiger partial charge in [-0.05, 0) is 72.4 Å². The lowest BCUT2D eigenvalue weighted by molar-refractivity contribution is -0.0424. The van der Waals surface area contributed by atoms with Crippen LogP contribution in [0.3, 0.4) is 0 Å². The lowest BCUT2D eigenvalue weighted by Crippen LogP contribution is -2.38. The van der Waals surface area contributed by atoms with E-state index in [-0.39, 0.29) is 18.1 Å². The standard InChI is InChI=1S/C24H27N3O2/c28-23-10-15-29-17-22(23)24(20-8-13-26-14-9-20)27-21-3-1-2-19(16-21)5-4-18-6-11-25-12-7-18/h1-3,6-9,11-14,16,22-24,27-28H,4-5,10,15,17H2/t22-,23+,24-/m1/s1. The SMILES string of the molecule is O[C@H]1CCOC[C@H]1[C@H](Nc1cccc(CCc2ccncc2)c1)c1ccncc1. The fraction of sp³-hybridized carbons (Fsp3) is 0.333. The number of aliphatic hydroxyl groups is 1. The topological polar surface area (TPSA) is 67.3 Å². The van der Waals surface area contributed by atoms with Gasteiger partial charge in [0.25, 0.3) is 0 Å². The molecule has 5 nitrogen and oxygen atoms in total. The van der Waals surface area contributed by atoms with Crippen molar-refractivity contribution in [2.75, 3.05) is 18.5 Å². The van der Waals surface area contributed by atoms with Crippen LogP contribution < -0.4 is 5.32 Å². The summed E-state index contributed by atoms with van der Waals surface area (Å²) in [5.41, 5.74) is 4.73. The van der Waals surface area contributed by atoms with Crippen molar-refractivity contribution in [1.82, 2.24) is 9.97 Å². The summed E-state index contributed by atoms with van der Waals surface area (Å²) in [5, 5.41) is 14.3. The van der Waals surface area contributed by atoms with Gasteiger partial charge in [0.05, 0.1) is 18.8 Å². The molecule has 3 atom stereocenters. The second-order valence-corrected chi connectivity index (χ2v) is 7.55. The van der Waals surface area contributed by atoms with Crippen molar-refractivity contribution in [3.8, 4) is 0 Å². The molecule has 0 unspecified atom stereocenters. The Balaban J connectivity index is 1.51. The van der Waals surface area contributed by atoms with E-state index in [0.717, 1.165) is 24.1 Å². The minimum absolute atomic E-state index is 0.00775. The molecule has 150 valence electrons. The zero-order valence-corrected chi connectivity index (χ0v) is 16.4. The molecular formula is C24H27N3O2. The Hall–Kier alpha value is -2.76. The highest BCUT2D eigenvalue weighted by atomic mass is 16.5. The zero-order valence-electron chi connectivity index (χ0n) is 16.4. The molecule has 1 aliphatic heterocycles. The van der Waals surface area contributed by atoms with Crippen molar-refractivity contribution < 1.29 is 9.84 Å². The first kappa shape index (κ1) is 19.6. The highest BCUT2D eigenvalue weighted by molar-refractivity contribution is 5.48. The maximum atomic E-state index is 10.6. The molecule has 0 saturated carbocycles. The van der Waals surface area contributed by atoms with Crippen molar-refractivity contribution in [1.29, 1.82) is 0 Å². The third-order valence-corrected chi connectivity index (χ3v) is 5.56. The van der Waals surface area contributed by atoms with Gasteiger partial charge in [0, 0.05) is 43.0 Å². The summed E-state index contributed by atoms with van der Waals surface area (Å²) in [5.74, 6) is -0.00775. The maximum absolute atomic E-state index is 10.6. The van der Waals surface area contributed by atoms with Gasteiger partial charge < -0.3 is 15.2 Å². The second-order valence-electron chi connectivity index (χ2n) is 7.55. The number of hydrogen-bond acceptors (Lipinski definition) is 5. The van der Waals surface area contributed by atoms with E-state index in [9.17, 15) is 5.11 Å². The maximum Gasteiger partial charge on any atom is 0.0635 e. The van der Waals surface area contributed by atoms with Crippen LogP contribution in [-0.4, -0.2) is 34.4 Å². The Morgan fingerprint density at radius 1 is 0.966 bits per heavy atom. The van der Waals surface area contributed by atoms with Gasteiger partial charge in [0.1, 0.15) is 0 Å². The molecule has 3 aromatic rings. The summed E-state index contributed by atoms with van der Waals surface area (Å²) >= 11 is 0. The number of benzene rings is 1. The number of hydrogen-bond donors (Lipinski definition) is 2. The number of nitrogens with zero attached hydrogens (tertiary/aromatic N) is 2. The fourth-order valence-corrected chi connectivity index (χ4v) is 3.91. The van der Waals surface area contributed by atoms with Crippen molar-refractivity contribution in [2.24, 2.45) is 5.92 Å². The molecule has 0 amide bonds. The first-order valence-corrected chi connectivity index (χ1v) is 10.2. The van der Waals surface area contributed by atoms with E-state index in [1.807, 2.05) is 24.5 Å². The van der Waals surface area contributed by atoms with E-state index in [2.05, 4.69) is 51.7 Å². The lowest BCUT2D eigenvalue weighted by Gasteiger charge is -2.35. The van der Waals surface area contributed by atoms with Crippen molar-refractivity contribution in [3.05, 3.63) is 90.0 Å². The molecule has 0 spiro atoms. The number of pyridine rings is 2. The Morgan fingerprint density at radius 3 is 2.45 bits per heavy atom. The summed E-state index contributed by atoms with van der Waals surface area (Å²) in [6.45, 7) is 1.16. The van der Waals surface area contributed by atoms with Crippen LogP contribution in [0.25, 0.3) is 0 Å². The van der Waals surface area contributed by atoms with E-state index in [1.165, 1.54) is 11.1 Å². The number of ether oxygens (including phenoxy) is 1. The predicted octanol–water partition coefficient (Wildman–Crippen LogP) is 3.81. The van der Waals surface area contributed by atoms with Crippen LogP contribution >= 0.6 is 0 Å². The third kappa shape index (κ3) is 5.19. The molecule has 0 radical (unpaired) electrons. The Labute approximate surface area is 171 Å². The Kier molecular flexibility index (Phi) is 6.49. The zero-order chi connectivity index (χ0) is 19.9. The van der Waals surface area contributed by atoms with Gasteiger partial charge in [0.2, 0.25) is 0 Å². The minimum atomic E-state index is -0.385. The average molecular weight is 389 g/mol. The molecule has 3 heterocycles. The number of aryl methyl sites for hydroxylation is 2. The highest BCUT2D eigenvalue weighted by Crippen LogP contribution is 2.32. The number of aromatic nitrogens is 2.